The number of benzene rings is 6. The SMILES string of the molecule is CCOP(OCC)OCC.O=[N+]([O-])c1ccccc1-c1ccc2oc3ccccc3c2c1.c1ccc2c(c1)Cc1cc3oc4ccccc4c3cc1-2. The molecular weight excluding hydrogens is 673 g/mol. The minimum absolute atomic E-state index is 0.106. The van der Waals surface area contributed by atoms with Crippen molar-refractivity contribution in [2.24, 2.45) is 0 Å². The Morgan fingerprint density at radius 2 is 1.10 bits per heavy atom. The highest BCUT2D eigenvalue weighted by atomic mass is 31.2. The third kappa shape index (κ3) is 7.20. The van der Waals surface area contributed by atoms with Crippen LogP contribution in [0, 0.1) is 10.1 Å². The van der Waals surface area contributed by atoms with Crippen LogP contribution in [-0.2, 0) is 20.0 Å². The molecule has 0 atom stereocenters. The lowest BCUT2D eigenvalue weighted by Crippen LogP contribution is -1.94. The predicted molar refractivity (Wildman–Crippen MR) is 210 cm³/mol. The molecule has 0 spiro atoms. The number of hydrogen-bond acceptors (Lipinski definition) is 7. The largest absolute Gasteiger partial charge is 0.456 e. The molecule has 2 aromatic heterocycles. The Morgan fingerprint density at radius 3 is 1.75 bits per heavy atom. The van der Waals surface area contributed by atoms with Crippen molar-refractivity contribution in [2.45, 2.75) is 27.2 Å². The maximum atomic E-state index is 11.2. The van der Waals surface area contributed by atoms with Gasteiger partial charge < -0.3 is 22.4 Å². The molecule has 2 heterocycles. The summed E-state index contributed by atoms with van der Waals surface area (Å²) in [6.45, 7) is 7.71. The Balaban J connectivity index is 0.000000130. The van der Waals surface area contributed by atoms with Gasteiger partial charge in [0.05, 0.1) is 30.3 Å². The summed E-state index contributed by atoms with van der Waals surface area (Å²) >= 11 is 0. The Morgan fingerprint density at radius 1 is 0.558 bits per heavy atom. The molecule has 0 N–H and O–H groups in total. The number of hydrogen-bond donors (Lipinski definition) is 0. The number of rotatable bonds is 8. The molecule has 8 nitrogen and oxygen atoms in total. The molecule has 1 aliphatic carbocycles. The molecule has 262 valence electrons. The van der Waals surface area contributed by atoms with E-state index in [0.29, 0.717) is 25.4 Å². The van der Waals surface area contributed by atoms with Crippen molar-refractivity contribution in [1.29, 1.82) is 0 Å². The maximum Gasteiger partial charge on any atom is 0.332 e. The van der Waals surface area contributed by atoms with Gasteiger partial charge in [-0.2, -0.15) is 0 Å². The summed E-state index contributed by atoms with van der Waals surface area (Å²) in [6, 6.07) is 41.6. The fourth-order valence-corrected chi connectivity index (χ4v) is 7.41. The van der Waals surface area contributed by atoms with Crippen molar-refractivity contribution < 1.29 is 27.3 Å². The highest BCUT2D eigenvalue weighted by Crippen LogP contribution is 2.42. The molecular formula is C43H38NO7P. The zero-order valence-corrected chi connectivity index (χ0v) is 30.1. The summed E-state index contributed by atoms with van der Waals surface area (Å²) in [5.41, 5.74) is 10.6. The second-order valence-electron chi connectivity index (χ2n) is 12.0. The first-order valence-corrected chi connectivity index (χ1v) is 18.4. The standard InChI is InChI=1S/C19H12O.C18H11NO3.C6H15O3P/c1-2-6-14-12(5-1)9-13-10-19-17(11-16(13)14)15-7-3-4-8-18(15)20-19;20-19(21)16-7-3-1-5-13(16)12-9-10-18-15(11-12)14-6-2-4-8-17(14)22-18;1-4-7-10(8-5-2)9-6-3/h1-8,10-11H,9H2;1-11H;4-6H2,1-3H3. The zero-order valence-electron chi connectivity index (χ0n) is 29.2. The van der Waals surface area contributed by atoms with Crippen molar-refractivity contribution in [3.63, 3.8) is 0 Å². The average Bonchev–Trinajstić information content (AvgIpc) is 3.85. The summed E-state index contributed by atoms with van der Waals surface area (Å²) in [6.07, 6.45) is 1.01. The van der Waals surface area contributed by atoms with Crippen molar-refractivity contribution in [2.75, 3.05) is 19.8 Å². The summed E-state index contributed by atoms with van der Waals surface area (Å²) in [4.78, 5) is 10.9. The summed E-state index contributed by atoms with van der Waals surface area (Å²) in [5, 5.41) is 15.6. The van der Waals surface area contributed by atoms with E-state index in [4.69, 9.17) is 22.4 Å². The Hall–Kier alpha value is -5.37. The third-order valence-corrected chi connectivity index (χ3v) is 10.2. The van der Waals surface area contributed by atoms with Gasteiger partial charge in [-0.15, -0.1) is 0 Å². The third-order valence-electron chi connectivity index (χ3n) is 8.78. The Kier molecular flexibility index (Phi) is 10.7. The van der Waals surface area contributed by atoms with Crippen LogP contribution in [0.1, 0.15) is 31.9 Å². The second-order valence-corrected chi connectivity index (χ2v) is 13.2. The van der Waals surface area contributed by atoms with Crippen LogP contribution in [0.4, 0.5) is 5.69 Å². The van der Waals surface area contributed by atoms with E-state index in [1.165, 1.54) is 39.1 Å². The van der Waals surface area contributed by atoms with Gasteiger partial charge in [0.25, 0.3) is 5.69 Å². The molecule has 0 saturated carbocycles. The average molecular weight is 712 g/mol. The lowest BCUT2D eigenvalue weighted by atomic mass is 10.0. The maximum absolute atomic E-state index is 11.2. The lowest BCUT2D eigenvalue weighted by Gasteiger charge is -2.12. The first-order chi connectivity index (χ1) is 25.5. The minimum Gasteiger partial charge on any atom is -0.456 e. The molecule has 0 unspecified atom stereocenters. The Bertz CT molecular complexity index is 2490. The van der Waals surface area contributed by atoms with Crippen LogP contribution in [0.3, 0.4) is 0 Å². The molecule has 8 aromatic rings. The van der Waals surface area contributed by atoms with Gasteiger partial charge in [0.15, 0.2) is 0 Å². The molecule has 1 aliphatic rings. The number of para-hydroxylation sites is 3. The van der Waals surface area contributed by atoms with Crippen LogP contribution in [0.2, 0.25) is 0 Å². The zero-order chi connectivity index (χ0) is 36.0. The summed E-state index contributed by atoms with van der Waals surface area (Å²) in [7, 11) is -1.06. The molecule has 52 heavy (non-hydrogen) atoms. The highest BCUT2D eigenvalue weighted by Gasteiger charge is 2.20. The monoisotopic (exact) mass is 711 g/mol. The van der Waals surface area contributed by atoms with E-state index >= 15 is 0 Å². The van der Waals surface area contributed by atoms with Crippen LogP contribution < -0.4 is 0 Å². The van der Waals surface area contributed by atoms with Crippen molar-refractivity contribution >= 4 is 58.2 Å². The van der Waals surface area contributed by atoms with E-state index in [2.05, 4.69) is 48.5 Å². The van der Waals surface area contributed by atoms with Crippen molar-refractivity contribution in [3.8, 4) is 22.3 Å². The number of furan rings is 2. The van der Waals surface area contributed by atoms with Crippen LogP contribution in [0.5, 0.6) is 0 Å². The van der Waals surface area contributed by atoms with E-state index in [1.807, 2.05) is 75.4 Å². The van der Waals surface area contributed by atoms with Crippen LogP contribution in [-0.4, -0.2) is 24.7 Å². The van der Waals surface area contributed by atoms with E-state index in [1.54, 1.807) is 18.2 Å². The number of nitro benzene ring substituents is 1. The molecule has 0 bridgehead atoms. The summed E-state index contributed by atoms with van der Waals surface area (Å²) < 4.78 is 27.2. The molecule has 6 aromatic carbocycles. The highest BCUT2D eigenvalue weighted by molar-refractivity contribution is 7.41. The quantitative estimate of drug-likeness (QED) is 0.0879. The first kappa shape index (κ1) is 35.1. The second kappa shape index (κ2) is 15.9. The van der Waals surface area contributed by atoms with E-state index < -0.39 is 8.60 Å². The topological polar surface area (TPSA) is 97.1 Å². The molecule has 0 amide bonds. The van der Waals surface area contributed by atoms with Crippen molar-refractivity contribution in [3.05, 3.63) is 149 Å². The van der Waals surface area contributed by atoms with Gasteiger partial charge >= 0.3 is 8.60 Å². The van der Waals surface area contributed by atoms with Gasteiger partial charge in [-0.05, 0) is 97.5 Å². The smallest absolute Gasteiger partial charge is 0.332 e. The number of fused-ring (bicyclic) bond motifs is 9. The van der Waals surface area contributed by atoms with Crippen LogP contribution in [0.25, 0.3) is 66.1 Å². The van der Waals surface area contributed by atoms with Gasteiger partial charge in [-0.3, -0.25) is 10.1 Å². The first-order valence-electron chi connectivity index (χ1n) is 17.3. The molecule has 0 fully saturated rings. The van der Waals surface area contributed by atoms with Gasteiger partial charge in [0.1, 0.15) is 22.3 Å². The fraction of sp³-hybridized carbons (Fsp3) is 0.163. The fourth-order valence-electron chi connectivity index (χ4n) is 6.55. The lowest BCUT2D eigenvalue weighted by molar-refractivity contribution is -0.384. The van der Waals surface area contributed by atoms with Crippen molar-refractivity contribution in [1.82, 2.24) is 0 Å². The molecule has 9 heteroatoms. The van der Waals surface area contributed by atoms with Crippen LogP contribution in [0.15, 0.2) is 136 Å². The van der Waals surface area contributed by atoms with Gasteiger partial charge in [-0.1, -0.05) is 78.9 Å². The number of nitro groups is 1. The van der Waals surface area contributed by atoms with E-state index in [-0.39, 0.29) is 10.6 Å². The molecule has 9 rings (SSSR count). The van der Waals surface area contributed by atoms with Gasteiger partial charge in [-0.25, -0.2) is 0 Å². The predicted octanol–water partition coefficient (Wildman–Crippen LogP) is 12.6. The Labute approximate surface area is 302 Å². The molecule has 0 saturated heterocycles. The molecule has 0 aliphatic heterocycles. The minimum atomic E-state index is -1.06. The normalized spacial score (nSPS) is 11.7. The van der Waals surface area contributed by atoms with E-state index in [0.717, 1.165) is 45.1 Å². The number of nitrogens with zero attached hydrogens (tertiary/aromatic N) is 1. The van der Waals surface area contributed by atoms with Gasteiger partial charge in [0.2, 0.25) is 0 Å². The van der Waals surface area contributed by atoms with Gasteiger partial charge in [0, 0.05) is 27.6 Å². The van der Waals surface area contributed by atoms with E-state index in [9.17, 15) is 10.1 Å². The van der Waals surface area contributed by atoms with Crippen LogP contribution >= 0.6 is 8.60 Å². The summed E-state index contributed by atoms with van der Waals surface area (Å²) in [5.74, 6) is 0. The molecule has 0 radical (unpaired) electrons.